The Morgan fingerprint density at radius 2 is 1.68 bits per heavy atom. The van der Waals surface area contributed by atoms with E-state index in [4.69, 9.17) is 9.47 Å². The van der Waals surface area contributed by atoms with Crippen molar-refractivity contribution in [3.05, 3.63) is 89.2 Å². The van der Waals surface area contributed by atoms with Crippen LogP contribution in [0.25, 0.3) is 5.69 Å². The number of hydrogen-bond donors (Lipinski definition) is 1. The molecule has 7 nitrogen and oxygen atoms in total. The van der Waals surface area contributed by atoms with Gasteiger partial charge in [0.2, 0.25) is 5.91 Å². The van der Waals surface area contributed by atoms with E-state index in [0.29, 0.717) is 16.7 Å². The van der Waals surface area contributed by atoms with E-state index in [1.807, 2.05) is 90.4 Å². The molecule has 34 heavy (non-hydrogen) atoms. The quantitative estimate of drug-likeness (QED) is 0.267. The molecule has 9 heteroatoms. The number of thioether (sulfide) groups is 1. The van der Waals surface area contributed by atoms with Crippen molar-refractivity contribution >= 4 is 39.3 Å². The first kappa shape index (κ1) is 23.8. The van der Waals surface area contributed by atoms with E-state index in [-0.39, 0.29) is 17.8 Å². The summed E-state index contributed by atoms with van der Waals surface area (Å²) in [5, 5.41) is 12.3. The molecule has 4 aromatic rings. The summed E-state index contributed by atoms with van der Waals surface area (Å²) >= 11 is 4.71. The summed E-state index contributed by atoms with van der Waals surface area (Å²) in [6, 6.07) is 24.6. The molecule has 174 valence electrons. The zero-order valence-electron chi connectivity index (χ0n) is 18.6. The Labute approximate surface area is 210 Å². The molecule has 0 aliphatic carbocycles. The van der Waals surface area contributed by atoms with Gasteiger partial charge in [-0.15, -0.1) is 10.2 Å². The number of hydrogen-bond acceptors (Lipinski definition) is 6. The number of halogens is 1. The second-order valence-electron chi connectivity index (χ2n) is 7.29. The maximum absolute atomic E-state index is 12.5. The highest BCUT2D eigenvalue weighted by atomic mass is 79.9. The number of ether oxygens (including phenoxy) is 2. The van der Waals surface area contributed by atoms with Crippen LogP contribution >= 0.6 is 27.7 Å². The molecule has 4 rings (SSSR count). The number of benzene rings is 3. The van der Waals surface area contributed by atoms with Crippen LogP contribution in [0, 0.1) is 0 Å². The van der Waals surface area contributed by atoms with E-state index in [1.165, 1.54) is 11.8 Å². The summed E-state index contributed by atoms with van der Waals surface area (Å²) < 4.78 is 14.2. The lowest BCUT2D eigenvalue weighted by Gasteiger charge is -2.17. The fourth-order valence-corrected chi connectivity index (χ4v) is 4.25. The van der Waals surface area contributed by atoms with E-state index in [2.05, 4.69) is 31.4 Å². The molecule has 1 N–H and O–H groups in total. The SMILES string of the molecule is COc1ccc(OC(C)c2nnc(SCC(=O)Nc3ccc(Br)cc3)n2-c2ccccc2)cc1. The van der Waals surface area contributed by atoms with Crippen LogP contribution in [0.5, 0.6) is 11.5 Å². The van der Waals surface area contributed by atoms with Crippen LogP contribution in [0.15, 0.2) is 88.5 Å². The van der Waals surface area contributed by atoms with Gasteiger partial charge in [0.25, 0.3) is 0 Å². The van der Waals surface area contributed by atoms with E-state index in [9.17, 15) is 4.79 Å². The van der Waals surface area contributed by atoms with Gasteiger partial charge >= 0.3 is 0 Å². The highest BCUT2D eigenvalue weighted by Gasteiger charge is 2.21. The van der Waals surface area contributed by atoms with E-state index >= 15 is 0 Å². The zero-order valence-corrected chi connectivity index (χ0v) is 21.0. The third-order valence-electron chi connectivity index (χ3n) is 4.87. The molecule has 0 aliphatic rings. The molecular formula is C25H23BrN4O3S. The molecule has 0 fully saturated rings. The monoisotopic (exact) mass is 538 g/mol. The van der Waals surface area contributed by atoms with Crippen LogP contribution in [0.1, 0.15) is 18.9 Å². The minimum absolute atomic E-state index is 0.126. The number of para-hydroxylation sites is 1. The number of rotatable bonds is 9. The van der Waals surface area contributed by atoms with Gasteiger partial charge in [0.05, 0.1) is 12.9 Å². The summed E-state index contributed by atoms with van der Waals surface area (Å²) in [6.45, 7) is 1.92. The van der Waals surface area contributed by atoms with Gasteiger partial charge < -0.3 is 14.8 Å². The van der Waals surface area contributed by atoms with Gasteiger partial charge in [-0.25, -0.2) is 0 Å². The van der Waals surface area contributed by atoms with E-state index in [0.717, 1.165) is 21.6 Å². The van der Waals surface area contributed by atoms with Crippen molar-refractivity contribution in [3.63, 3.8) is 0 Å². The molecule has 0 bridgehead atoms. The Kier molecular flexibility index (Phi) is 7.87. The number of amides is 1. The first-order valence-corrected chi connectivity index (χ1v) is 12.3. The zero-order chi connectivity index (χ0) is 23.9. The predicted octanol–water partition coefficient (Wildman–Crippen LogP) is 5.91. The van der Waals surface area contributed by atoms with Gasteiger partial charge in [-0.05, 0) is 67.6 Å². The Hall–Kier alpha value is -3.30. The second-order valence-corrected chi connectivity index (χ2v) is 9.15. The van der Waals surface area contributed by atoms with Crippen molar-refractivity contribution in [3.8, 4) is 17.2 Å². The topological polar surface area (TPSA) is 78.3 Å². The molecule has 0 aliphatic heterocycles. The molecule has 1 atom stereocenters. The Balaban J connectivity index is 1.52. The van der Waals surface area contributed by atoms with Crippen molar-refractivity contribution in [2.45, 2.75) is 18.2 Å². The molecule has 3 aromatic carbocycles. The number of anilines is 1. The second kappa shape index (κ2) is 11.2. The standard InChI is InChI=1S/C25H23BrN4O3S/c1-17(33-22-14-12-21(32-2)13-15-22)24-28-29-25(30(24)20-6-4-3-5-7-20)34-16-23(31)27-19-10-8-18(26)9-11-19/h3-15,17H,16H2,1-2H3,(H,27,31). The summed E-state index contributed by atoms with van der Waals surface area (Å²) in [5.41, 5.74) is 1.63. The normalized spacial score (nSPS) is 11.6. The molecule has 0 spiro atoms. The molecular weight excluding hydrogens is 516 g/mol. The summed E-state index contributed by atoms with van der Waals surface area (Å²) in [7, 11) is 1.62. The van der Waals surface area contributed by atoms with Crippen LogP contribution in [0.4, 0.5) is 5.69 Å². The van der Waals surface area contributed by atoms with Crippen LogP contribution in [-0.4, -0.2) is 33.5 Å². The molecule has 1 heterocycles. The lowest BCUT2D eigenvalue weighted by Crippen LogP contribution is -2.15. The lowest BCUT2D eigenvalue weighted by atomic mass is 10.3. The number of nitrogens with zero attached hydrogens (tertiary/aromatic N) is 3. The Morgan fingerprint density at radius 1 is 1.00 bits per heavy atom. The maximum Gasteiger partial charge on any atom is 0.234 e. The van der Waals surface area contributed by atoms with Gasteiger partial charge in [-0.3, -0.25) is 9.36 Å². The fourth-order valence-electron chi connectivity index (χ4n) is 3.23. The van der Waals surface area contributed by atoms with Gasteiger partial charge in [-0.2, -0.15) is 0 Å². The van der Waals surface area contributed by atoms with Crippen molar-refractivity contribution in [2.75, 3.05) is 18.2 Å². The van der Waals surface area contributed by atoms with Gasteiger partial charge in [0.1, 0.15) is 11.5 Å². The van der Waals surface area contributed by atoms with Crippen molar-refractivity contribution in [2.24, 2.45) is 0 Å². The number of carbonyl (C=O) groups excluding carboxylic acids is 1. The van der Waals surface area contributed by atoms with Crippen LogP contribution in [0.2, 0.25) is 0 Å². The fraction of sp³-hybridized carbons (Fsp3) is 0.160. The lowest BCUT2D eigenvalue weighted by molar-refractivity contribution is -0.113. The number of methoxy groups -OCH3 is 1. The predicted molar refractivity (Wildman–Crippen MR) is 137 cm³/mol. The molecule has 0 saturated heterocycles. The smallest absolute Gasteiger partial charge is 0.234 e. The first-order valence-electron chi connectivity index (χ1n) is 10.5. The van der Waals surface area contributed by atoms with Crippen LogP contribution < -0.4 is 14.8 Å². The number of carbonyl (C=O) groups is 1. The van der Waals surface area contributed by atoms with Crippen LogP contribution in [0.3, 0.4) is 0 Å². The molecule has 0 radical (unpaired) electrons. The van der Waals surface area contributed by atoms with Crippen molar-refractivity contribution < 1.29 is 14.3 Å². The van der Waals surface area contributed by atoms with Gasteiger partial charge in [-0.1, -0.05) is 45.9 Å². The third kappa shape index (κ3) is 5.98. The van der Waals surface area contributed by atoms with Crippen molar-refractivity contribution in [1.82, 2.24) is 14.8 Å². The summed E-state index contributed by atoms with van der Waals surface area (Å²) in [6.07, 6.45) is -0.382. The van der Waals surface area contributed by atoms with Gasteiger partial charge in [0.15, 0.2) is 17.1 Å². The van der Waals surface area contributed by atoms with Crippen LogP contribution in [-0.2, 0) is 4.79 Å². The first-order chi connectivity index (χ1) is 16.5. The number of nitrogens with one attached hydrogen (secondary N) is 1. The average Bonchev–Trinajstić information content (AvgIpc) is 3.29. The summed E-state index contributed by atoms with van der Waals surface area (Å²) in [4.78, 5) is 12.5. The molecule has 0 saturated carbocycles. The average molecular weight is 539 g/mol. The van der Waals surface area contributed by atoms with Gasteiger partial charge in [0, 0.05) is 15.8 Å². The maximum atomic E-state index is 12.5. The van der Waals surface area contributed by atoms with E-state index in [1.54, 1.807) is 7.11 Å². The Morgan fingerprint density at radius 3 is 2.35 bits per heavy atom. The highest BCUT2D eigenvalue weighted by molar-refractivity contribution is 9.10. The Bertz CT molecular complexity index is 1230. The minimum Gasteiger partial charge on any atom is -0.497 e. The van der Waals surface area contributed by atoms with Crippen molar-refractivity contribution in [1.29, 1.82) is 0 Å². The largest absolute Gasteiger partial charge is 0.497 e. The molecule has 1 amide bonds. The minimum atomic E-state index is -0.382. The highest BCUT2D eigenvalue weighted by Crippen LogP contribution is 2.28. The molecule has 1 unspecified atom stereocenters. The summed E-state index contributed by atoms with van der Waals surface area (Å²) in [5.74, 6) is 2.15. The third-order valence-corrected chi connectivity index (χ3v) is 6.33. The van der Waals surface area contributed by atoms with E-state index < -0.39 is 0 Å². The number of aromatic nitrogens is 3. The molecule has 1 aromatic heterocycles.